The third-order valence-corrected chi connectivity index (χ3v) is 3.53. The highest BCUT2D eigenvalue weighted by Gasteiger charge is 2.15. The van der Waals surface area contributed by atoms with E-state index in [1.165, 1.54) is 0 Å². The number of rotatable bonds is 3. The van der Waals surface area contributed by atoms with Crippen molar-refractivity contribution in [3.63, 3.8) is 0 Å². The van der Waals surface area contributed by atoms with E-state index in [0.29, 0.717) is 17.4 Å². The molecule has 3 nitrogen and oxygen atoms in total. The van der Waals surface area contributed by atoms with Crippen LogP contribution in [0.1, 0.15) is 24.4 Å². The fourth-order valence-electron chi connectivity index (χ4n) is 2.37. The summed E-state index contributed by atoms with van der Waals surface area (Å²) in [6.07, 6.45) is -0.620. The SMILES string of the molecule is CC(O)c1nc2ccc(Cl)cc2n1Cc1ccccc1. The van der Waals surface area contributed by atoms with Crippen LogP contribution in [0.2, 0.25) is 5.02 Å². The summed E-state index contributed by atoms with van der Waals surface area (Å²) in [5.74, 6) is 0.658. The lowest BCUT2D eigenvalue weighted by atomic mass is 10.2. The summed E-state index contributed by atoms with van der Waals surface area (Å²) < 4.78 is 2.02. The molecule has 0 aliphatic rings. The van der Waals surface area contributed by atoms with E-state index in [1.807, 2.05) is 41.0 Å². The molecule has 102 valence electrons. The molecule has 1 N–H and O–H groups in total. The normalized spacial score (nSPS) is 12.8. The number of aromatic nitrogens is 2. The highest BCUT2D eigenvalue weighted by Crippen LogP contribution is 2.24. The zero-order valence-corrected chi connectivity index (χ0v) is 11.9. The Hall–Kier alpha value is -1.84. The van der Waals surface area contributed by atoms with Gasteiger partial charge in [0, 0.05) is 11.6 Å². The zero-order chi connectivity index (χ0) is 14.1. The van der Waals surface area contributed by atoms with Gasteiger partial charge in [-0.25, -0.2) is 4.98 Å². The van der Waals surface area contributed by atoms with Crippen LogP contribution in [-0.4, -0.2) is 14.7 Å². The van der Waals surface area contributed by atoms with Crippen LogP contribution in [0.5, 0.6) is 0 Å². The topological polar surface area (TPSA) is 38.1 Å². The van der Waals surface area contributed by atoms with Gasteiger partial charge in [0.15, 0.2) is 0 Å². The van der Waals surface area contributed by atoms with Crippen LogP contribution in [0.3, 0.4) is 0 Å². The second-order valence-corrected chi connectivity index (χ2v) is 5.29. The third-order valence-electron chi connectivity index (χ3n) is 3.30. The molecule has 1 aromatic heterocycles. The lowest BCUT2D eigenvalue weighted by Crippen LogP contribution is -2.07. The summed E-state index contributed by atoms with van der Waals surface area (Å²) >= 11 is 6.08. The van der Waals surface area contributed by atoms with Crippen molar-refractivity contribution in [2.24, 2.45) is 0 Å². The largest absolute Gasteiger partial charge is 0.385 e. The summed E-state index contributed by atoms with van der Waals surface area (Å²) in [7, 11) is 0. The molecule has 1 heterocycles. The van der Waals surface area contributed by atoms with Crippen molar-refractivity contribution in [2.75, 3.05) is 0 Å². The van der Waals surface area contributed by atoms with Crippen LogP contribution in [-0.2, 0) is 6.54 Å². The Morgan fingerprint density at radius 1 is 1.20 bits per heavy atom. The average molecular weight is 287 g/mol. The number of fused-ring (bicyclic) bond motifs is 1. The number of hydrogen-bond donors (Lipinski definition) is 1. The van der Waals surface area contributed by atoms with E-state index in [9.17, 15) is 5.11 Å². The van der Waals surface area contributed by atoms with Crippen molar-refractivity contribution in [1.29, 1.82) is 0 Å². The van der Waals surface area contributed by atoms with Crippen molar-refractivity contribution >= 4 is 22.6 Å². The van der Waals surface area contributed by atoms with Gasteiger partial charge in [0.1, 0.15) is 11.9 Å². The molecule has 0 fully saturated rings. The van der Waals surface area contributed by atoms with Gasteiger partial charge in [0.25, 0.3) is 0 Å². The van der Waals surface area contributed by atoms with E-state index >= 15 is 0 Å². The molecule has 0 saturated carbocycles. The molecule has 1 unspecified atom stereocenters. The molecular formula is C16H15ClN2O. The lowest BCUT2D eigenvalue weighted by molar-refractivity contribution is 0.185. The second-order valence-electron chi connectivity index (χ2n) is 4.85. The molecule has 1 atom stereocenters. The fraction of sp³-hybridized carbons (Fsp3) is 0.188. The first-order chi connectivity index (χ1) is 9.65. The maximum atomic E-state index is 9.94. The summed E-state index contributed by atoms with van der Waals surface area (Å²) in [6, 6.07) is 15.7. The number of benzene rings is 2. The monoisotopic (exact) mass is 286 g/mol. The minimum absolute atomic E-state index is 0.620. The molecule has 20 heavy (non-hydrogen) atoms. The Labute approximate surface area is 122 Å². The molecule has 0 saturated heterocycles. The number of imidazole rings is 1. The molecule has 0 spiro atoms. The van der Waals surface area contributed by atoms with E-state index < -0.39 is 6.10 Å². The van der Waals surface area contributed by atoms with Gasteiger partial charge in [-0.05, 0) is 30.7 Å². The van der Waals surface area contributed by atoms with E-state index in [-0.39, 0.29) is 0 Å². The maximum Gasteiger partial charge on any atom is 0.138 e. The molecule has 0 radical (unpaired) electrons. The zero-order valence-electron chi connectivity index (χ0n) is 11.1. The number of aliphatic hydroxyl groups excluding tert-OH is 1. The maximum absolute atomic E-state index is 9.94. The van der Waals surface area contributed by atoms with Crippen LogP contribution in [0.15, 0.2) is 48.5 Å². The molecule has 0 amide bonds. The fourth-order valence-corrected chi connectivity index (χ4v) is 2.53. The van der Waals surface area contributed by atoms with Crippen molar-refractivity contribution in [2.45, 2.75) is 19.6 Å². The van der Waals surface area contributed by atoms with Gasteiger partial charge >= 0.3 is 0 Å². The molecule has 3 aromatic rings. The Morgan fingerprint density at radius 2 is 1.95 bits per heavy atom. The van der Waals surface area contributed by atoms with Crippen LogP contribution in [0, 0.1) is 0 Å². The predicted molar refractivity (Wildman–Crippen MR) is 80.9 cm³/mol. The second kappa shape index (κ2) is 5.27. The number of halogens is 1. The van der Waals surface area contributed by atoms with Crippen molar-refractivity contribution < 1.29 is 5.11 Å². The summed E-state index contributed by atoms with van der Waals surface area (Å²) in [5, 5.41) is 10.6. The first-order valence-electron chi connectivity index (χ1n) is 6.53. The molecule has 0 aliphatic heterocycles. The van der Waals surface area contributed by atoms with Crippen molar-refractivity contribution in [3.05, 3.63) is 64.9 Å². The highest BCUT2D eigenvalue weighted by molar-refractivity contribution is 6.31. The lowest BCUT2D eigenvalue weighted by Gasteiger charge is -2.11. The van der Waals surface area contributed by atoms with E-state index in [1.54, 1.807) is 6.92 Å². The summed E-state index contributed by atoms with van der Waals surface area (Å²) in [5.41, 5.74) is 2.95. The smallest absolute Gasteiger partial charge is 0.138 e. The molecule has 4 heteroatoms. The van der Waals surface area contributed by atoms with Gasteiger partial charge in [0.05, 0.1) is 11.0 Å². The van der Waals surface area contributed by atoms with Crippen molar-refractivity contribution in [3.8, 4) is 0 Å². The third kappa shape index (κ3) is 2.42. The van der Waals surface area contributed by atoms with Crippen LogP contribution in [0.4, 0.5) is 0 Å². The molecule has 0 bridgehead atoms. The standard InChI is InChI=1S/C16H15ClN2O/c1-11(20)16-18-14-8-7-13(17)9-15(14)19(16)10-12-5-3-2-4-6-12/h2-9,11,20H,10H2,1H3. The van der Waals surface area contributed by atoms with Crippen LogP contribution >= 0.6 is 11.6 Å². The van der Waals surface area contributed by atoms with Gasteiger partial charge in [-0.2, -0.15) is 0 Å². The minimum Gasteiger partial charge on any atom is -0.385 e. The van der Waals surface area contributed by atoms with E-state index in [4.69, 9.17) is 11.6 Å². The van der Waals surface area contributed by atoms with Gasteiger partial charge in [0.2, 0.25) is 0 Å². The average Bonchev–Trinajstić information content (AvgIpc) is 2.78. The summed E-state index contributed by atoms with van der Waals surface area (Å²) in [4.78, 5) is 4.50. The van der Waals surface area contributed by atoms with Gasteiger partial charge in [-0.3, -0.25) is 0 Å². The van der Waals surface area contributed by atoms with Crippen LogP contribution in [0.25, 0.3) is 11.0 Å². The number of hydrogen-bond acceptors (Lipinski definition) is 2. The number of aliphatic hydroxyl groups is 1. The summed E-state index contributed by atoms with van der Waals surface area (Å²) in [6.45, 7) is 2.39. The highest BCUT2D eigenvalue weighted by atomic mass is 35.5. The van der Waals surface area contributed by atoms with E-state index in [0.717, 1.165) is 16.6 Å². The Kier molecular flexibility index (Phi) is 3.47. The van der Waals surface area contributed by atoms with Gasteiger partial charge in [-0.15, -0.1) is 0 Å². The molecule has 0 aliphatic carbocycles. The first kappa shape index (κ1) is 13.2. The Bertz CT molecular complexity index is 735. The Morgan fingerprint density at radius 3 is 2.65 bits per heavy atom. The van der Waals surface area contributed by atoms with Crippen molar-refractivity contribution in [1.82, 2.24) is 9.55 Å². The molecular weight excluding hydrogens is 272 g/mol. The predicted octanol–water partition coefficient (Wildman–Crippen LogP) is 3.79. The van der Waals surface area contributed by atoms with Crippen LogP contribution < -0.4 is 0 Å². The number of nitrogens with zero attached hydrogens (tertiary/aromatic N) is 2. The van der Waals surface area contributed by atoms with Gasteiger partial charge < -0.3 is 9.67 Å². The minimum atomic E-state index is -0.620. The van der Waals surface area contributed by atoms with E-state index in [2.05, 4.69) is 17.1 Å². The van der Waals surface area contributed by atoms with Gasteiger partial charge in [-0.1, -0.05) is 41.9 Å². The quantitative estimate of drug-likeness (QED) is 0.795. The molecule has 2 aromatic carbocycles. The molecule has 3 rings (SSSR count). The Balaban J connectivity index is 2.15. The first-order valence-corrected chi connectivity index (χ1v) is 6.90.